The zero-order chi connectivity index (χ0) is 89.4. The molecular weight excluding hydrogens is 1850 g/mol. The van der Waals surface area contributed by atoms with Gasteiger partial charge in [0.05, 0.1) is 5.56 Å². The highest BCUT2D eigenvalue weighted by molar-refractivity contribution is 8.93. The van der Waals surface area contributed by atoms with Crippen molar-refractivity contribution in [1.29, 1.82) is 0 Å². The van der Waals surface area contributed by atoms with Gasteiger partial charge in [-0.25, -0.2) is 4.79 Å². The first-order valence-electron chi connectivity index (χ1n) is 25.0. The number of halogens is 64. The van der Waals surface area contributed by atoms with Crippen LogP contribution in [0.5, 0.6) is 0 Å². The highest BCUT2D eigenvalue weighted by atomic mass is 79.9. The Balaban J connectivity index is 0.000119. The molecule has 0 radical (unpaired) electrons. The quantitative estimate of drug-likeness (QED) is 0.0552. The van der Waals surface area contributed by atoms with E-state index in [0.29, 0.717) is 0 Å². The molecule has 0 saturated carbocycles. The molecule has 1 aromatic carbocycles. The van der Waals surface area contributed by atoms with Gasteiger partial charge in [-0.2, -0.15) is 277 Å². The lowest BCUT2D eigenvalue weighted by atomic mass is 9.83. The van der Waals surface area contributed by atoms with Crippen LogP contribution in [0.25, 0.3) is 0 Å². The molecule has 0 aromatic heterocycles. The summed E-state index contributed by atoms with van der Waals surface area (Å²) in [7, 11) is -2.39. The van der Waals surface area contributed by atoms with E-state index in [1.165, 1.54) is 0 Å². The second kappa shape index (κ2) is 27.6. The number of carbonyl (C=O) groups is 1. The first-order chi connectivity index (χ1) is 46.3. The largest absolute Gasteiger partial charge is 0.478 e. The smallest absolute Gasteiger partial charge is 0.460 e. The number of alkyl halides is 63. The van der Waals surface area contributed by atoms with Gasteiger partial charge in [-0.3, -0.25) is 0 Å². The lowest BCUT2D eigenvalue weighted by molar-refractivity contribution is -0.474. The fourth-order valence-electron chi connectivity index (χ4n) is 8.13. The van der Waals surface area contributed by atoms with E-state index in [1.54, 1.807) is 0 Å². The van der Waals surface area contributed by atoms with E-state index in [9.17, 15) is 251 Å². The fraction of sp³-hybridized carbons (Fsp3) is 0.837. The SMILES string of the molecule is Br.O=C(O)c1cc(CCC(F)(F)C(F)(F)C(F)(F)C(F)(F)C(F)(F)C(F)(F)C(F)(F)C(F)(F)C(F)(F)C(F)(F)F)c([SiH3])c(CCC(F)(F)C(F)(F)C(F)(F)C(F)(F)C(F)(F)C(F)(F)C(F)(F)C(F)(F)C(F)(F)C(F)(F)F)c1CCC(F)(F)C(F)(F)C(F)(F)C(F)(F)C(F)(F)C(F)(F)C(F)(F)C(F)(F)C(F)(F)C(F)(F)F. The van der Waals surface area contributed by atoms with Crippen molar-refractivity contribution < 1.29 is 286 Å². The van der Waals surface area contributed by atoms with Crippen molar-refractivity contribution in [3.63, 3.8) is 0 Å². The molecule has 0 aliphatic rings. The van der Waals surface area contributed by atoms with Crippen molar-refractivity contribution >= 4 is 38.4 Å². The second-order valence-electron chi connectivity index (χ2n) is 21.9. The molecule has 110 heavy (non-hydrogen) atoms. The topological polar surface area (TPSA) is 37.3 Å². The molecule has 2 nitrogen and oxygen atoms in total. The minimum Gasteiger partial charge on any atom is -0.478 e. The van der Waals surface area contributed by atoms with Gasteiger partial charge in [0.15, 0.2) is 0 Å². The summed E-state index contributed by atoms with van der Waals surface area (Å²) in [5, 5.41) is 7.05. The molecule has 1 aromatic rings. The molecule has 0 aliphatic carbocycles. The van der Waals surface area contributed by atoms with E-state index in [2.05, 4.69) is 0 Å². The third kappa shape index (κ3) is 13.7. The van der Waals surface area contributed by atoms with E-state index in [4.69, 9.17) is 0 Å². The Bertz CT molecular complexity index is 3450. The molecule has 0 saturated heterocycles. The van der Waals surface area contributed by atoms with E-state index >= 15 is 35.1 Å². The maximum absolute atomic E-state index is 15.3. The summed E-state index contributed by atoms with van der Waals surface area (Å²) in [4.78, 5) is 12.3. The lowest BCUT2D eigenvalue weighted by Crippen LogP contribution is -2.76. The van der Waals surface area contributed by atoms with Crippen LogP contribution in [0.3, 0.4) is 0 Å². The summed E-state index contributed by atoms with van der Waals surface area (Å²) >= 11 is 0. The maximum Gasteiger partial charge on any atom is 0.460 e. The number of aryl methyl sites for hydroxylation is 1. The van der Waals surface area contributed by atoms with Crippen molar-refractivity contribution in [2.45, 2.75) is 217 Å². The van der Waals surface area contributed by atoms with Crippen LogP contribution in [0.2, 0.25) is 0 Å². The number of carboxylic acids is 1. The summed E-state index contributed by atoms with van der Waals surface area (Å²) in [6, 6.07) is -1.29. The van der Waals surface area contributed by atoms with Crippen molar-refractivity contribution in [3.8, 4) is 0 Å². The fourth-order valence-corrected chi connectivity index (χ4v) is 9.07. The number of rotatable bonds is 34. The molecule has 1 N–H and O–H groups in total. The first kappa shape index (κ1) is 105. The van der Waals surface area contributed by atoms with Crippen LogP contribution >= 0.6 is 17.0 Å². The van der Waals surface area contributed by atoms with Crippen LogP contribution in [-0.4, -0.2) is 200 Å². The van der Waals surface area contributed by atoms with E-state index < -0.39 is 267 Å². The van der Waals surface area contributed by atoms with Gasteiger partial charge in [-0.05, 0) is 42.0 Å². The Labute approximate surface area is 570 Å². The number of benzene rings is 1. The van der Waals surface area contributed by atoms with Gasteiger partial charge in [-0.1, -0.05) is 5.19 Å². The third-order valence-corrected chi connectivity index (χ3v) is 16.2. The monoisotopic (exact) mass is 1870 g/mol. The Hall–Kier alpha value is -5.02. The molecule has 0 amide bonds. The second-order valence-corrected chi connectivity index (χ2v) is 22.9. The third-order valence-electron chi connectivity index (χ3n) is 15.0. The summed E-state index contributed by atoms with van der Waals surface area (Å²) in [6.07, 6.45) is -50.1. The van der Waals surface area contributed by atoms with Crippen LogP contribution in [0.1, 0.15) is 46.3 Å². The Morgan fingerprint density at radius 3 is 0.518 bits per heavy atom. The van der Waals surface area contributed by atoms with Crippen molar-refractivity contribution in [2.75, 3.05) is 0 Å². The molecule has 0 atom stereocenters. The molecule has 0 unspecified atom stereocenters. The van der Waals surface area contributed by atoms with Crippen LogP contribution in [0.4, 0.5) is 277 Å². The number of carboxylic acid groups (broad SMARTS) is 1. The first-order valence-corrected chi connectivity index (χ1v) is 26.0. The van der Waals surface area contributed by atoms with Crippen LogP contribution in [0, 0.1) is 0 Å². The van der Waals surface area contributed by atoms with E-state index in [-0.39, 0.29) is 17.0 Å². The zero-order valence-electron chi connectivity index (χ0n) is 48.9. The van der Waals surface area contributed by atoms with Gasteiger partial charge < -0.3 is 5.11 Å². The Morgan fingerprint density at radius 1 is 0.227 bits per heavy atom. The summed E-state index contributed by atoms with van der Waals surface area (Å²) in [5.74, 6) is -261. The molecule has 0 aliphatic heterocycles. The highest BCUT2D eigenvalue weighted by Crippen LogP contribution is 2.71. The molecule has 67 heteroatoms. The molecular formula is C43H18BrF63O2Si. The lowest BCUT2D eigenvalue weighted by Gasteiger charge is -2.44. The number of hydrogen-bond donors (Lipinski definition) is 1. The average molecular weight is 1870 g/mol. The minimum atomic E-state index is -10.1. The van der Waals surface area contributed by atoms with Crippen LogP contribution in [-0.2, 0) is 19.3 Å². The van der Waals surface area contributed by atoms with Crippen LogP contribution < -0.4 is 5.19 Å². The number of hydrogen-bond acceptors (Lipinski definition) is 1. The summed E-state index contributed by atoms with van der Waals surface area (Å²) in [6.45, 7) is 0. The Kier molecular flexibility index (Phi) is 26.3. The standard InChI is InChI=1S/C43H17F63O2Si.BrH/c44-14(45,17(50,51)20(56,57)23(62,63)26(68,69)29(74,75)32(80,81)35(86,87)38(92,93)41(98,99)100)4-1-8-7-11(13(107)108)9(2-5-15(46,47)18(52,53)21(58,59)24(64,65)27(70,71)30(76,77)33(82,83)36(88,89)39(94,95)42(101,102)103)10(12(8)109)3-6-16(48,49)19(54,55)22(60,61)25(66,67)28(72,73)31(78,79)34(84,85)37(90,91)40(96,97)43(104,105)106;/h7H,1-6H2,109H3,(H,107,108);1H. The molecule has 0 bridgehead atoms. The van der Waals surface area contributed by atoms with E-state index in [1.807, 2.05) is 0 Å². The van der Waals surface area contributed by atoms with Crippen molar-refractivity contribution in [3.05, 3.63) is 28.3 Å². The van der Waals surface area contributed by atoms with Gasteiger partial charge >= 0.3 is 184 Å². The zero-order valence-corrected chi connectivity index (χ0v) is 52.6. The Morgan fingerprint density at radius 2 is 0.364 bits per heavy atom. The highest BCUT2D eigenvalue weighted by Gasteiger charge is 3.02. The predicted molar refractivity (Wildman–Crippen MR) is 230 cm³/mol. The minimum absolute atomic E-state index is 0. The summed E-state index contributed by atoms with van der Waals surface area (Å²) < 4.78 is 885. The normalized spacial score (nSPS) is 16.6. The van der Waals surface area contributed by atoms with Crippen LogP contribution in [0.15, 0.2) is 6.07 Å². The van der Waals surface area contributed by atoms with Crippen molar-refractivity contribution in [1.82, 2.24) is 0 Å². The van der Waals surface area contributed by atoms with E-state index in [0.717, 1.165) is 0 Å². The summed E-state index contributed by atoms with van der Waals surface area (Å²) in [5.41, 5.74) is -12.0. The van der Waals surface area contributed by atoms with Gasteiger partial charge in [0.1, 0.15) is 0 Å². The molecule has 0 fully saturated rings. The van der Waals surface area contributed by atoms with Gasteiger partial charge in [0, 0.05) is 29.5 Å². The molecule has 1 rings (SSSR count). The molecule has 0 spiro atoms. The van der Waals surface area contributed by atoms with Gasteiger partial charge in [-0.15, -0.1) is 17.0 Å². The van der Waals surface area contributed by atoms with Gasteiger partial charge in [0.25, 0.3) is 0 Å². The average Bonchev–Trinajstić information content (AvgIpc) is 0.694. The molecule has 0 heterocycles. The molecule has 654 valence electrons. The predicted octanol–water partition coefficient (Wildman–Crippen LogP) is 21.6. The van der Waals surface area contributed by atoms with Crippen molar-refractivity contribution in [2.24, 2.45) is 0 Å². The number of aromatic carboxylic acids is 1. The maximum atomic E-state index is 15.3. The van der Waals surface area contributed by atoms with Gasteiger partial charge in [0.2, 0.25) is 0 Å².